The smallest absolute Gasteiger partial charge is 0.334 e. The van der Waals surface area contributed by atoms with Crippen LogP contribution in [0, 0.1) is 17.2 Å². The molecule has 2 fully saturated rings. The highest BCUT2D eigenvalue weighted by molar-refractivity contribution is 7.55. The maximum absolute atomic E-state index is 13.6. The molecule has 0 bridgehead atoms. The van der Waals surface area contributed by atoms with E-state index >= 15 is 0 Å². The average molecular weight is 603 g/mol. The first-order valence-electron chi connectivity index (χ1n) is 13.8. The van der Waals surface area contributed by atoms with Gasteiger partial charge in [-0.3, -0.25) is 9.36 Å². The molecular formula is C26H44N4O8P2. The molecule has 0 radical (unpaired) electrons. The highest BCUT2D eigenvalue weighted by Gasteiger charge is 2.63. The van der Waals surface area contributed by atoms with Crippen LogP contribution in [0.2, 0.25) is 0 Å². The van der Waals surface area contributed by atoms with E-state index in [2.05, 4.69) is 50.3 Å². The van der Waals surface area contributed by atoms with E-state index in [1.807, 2.05) is 0 Å². The van der Waals surface area contributed by atoms with Crippen molar-refractivity contribution in [2.24, 2.45) is 5.92 Å². The summed E-state index contributed by atoms with van der Waals surface area (Å²) in [7, 11) is -3.43. The third-order valence-electron chi connectivity index (χ3n) is 6.86. The number of ether oxygens (including phenoxy) is 2. The molecule has 40 heavy (non-hydrogen) atoms. The number of carbonyl (C=O) groups excluding carboxylic acids is 1. The highest BCUT2D eigenvalue weighted by atomic mass is 31.2. The lowest BCUT2D eigenvalue weighted by Crippen LogP contribution is -2.47. The van der Waals surface area contributed by atoms with E-state index in [9.17, 15) is 9.36 Å². The van der Waals surface area contributed by atoms with Gasteiger partial charge in [-0.05, 0) is 48.0 Å². The molecule has 2 aliphatic heterocycles. The minimum atomic E-state index is -3.37. The van der Waals surface area contributed by atoms with Crippen LogP contribution in [-0.4, -0.2) is 84.7 Å². The van der Waals surface area contributed by atoms with Crippen LogP contribution < -0.4 is 5.32 Å². The number of hydrogen-bond donors (Lipinski definition) is 1. The van der Waals surface area contributed by atoms with Crippen molar-refractivity contribution >= 4 is 22.0 Å². The van der Waals surface area contributed by atoms with Gasteiger partial charge in [-0.2, -0.15) is 5.26 Å². The first kappa shape index (κ1) is 33.1. The van der Waals surface area contributed by atoms with Crippen molar-refractivity contribution in [1.29, 1.82) is 5.26 Å². The van der Waals surface area contributed by atoms with E-state index in [4.69, 9.17) is 32.8 Å². The molecule has 1 amide bonds. The Balaban J connectivity index is 1.98. The topological polar surface area (TPSA) is 132 Å². The first-order chi connectivity index (χ1) is 19.0. The molecule has 0 aromatic carbocycles. The fourth-order valence-corrected chi connectivity index (χ4v) is 9.30. The third-order valence-corrected chi connectivity index (χ3v) is 11.6. The molecule has 1 saturated heterocycles. The molecule has 0 aromatic heterocycles. The molecule has 2 heterocycles. The molecular weight excluding hydrogens is 558 g/mol. The lowest BCUT2D eigenvalue weighted by Gasteiger charge is -2.38. The average Bonchev–Trinajstić information content (AvgIpc) is 3.60. The van der Waals surface area contributed by atoms with Gasteiger partial charge >= 0.3 is 7.60 Å². The third kappa shape index (κ3) is 7.52. The van der Waals surface area contributed by atoms with Crippen molar-refractivity contribution in [3.05, 3.63) is 24.7 Å². The normalized spacial score (nSPS) is 29.4. The zero-order chi connectivity index (χ0) is 29.6. The van der Waals surface area contributed by atoms with Crippen molar-refractivity contribution in [3.63, 3.8) is 0 Å². The number of hydrogen-bond acceptors (Lipinski definition) is 11. The summed E-state index contributed by atoms with van der Waals surface area (Å²) in [5, 5.41) is 11.8. The zero-order valence-corrected chi connectivity index (χ0v) is 26.3. The van der Waals surface area contributed by atoms with E-state index in [-0.39, 0.29) is 55.8 Å². The molecule has 1 aliphatic carbocycles. The Kier molecular flexibility index (Phi) is 12.2. The lowest BCUT2D eigenvalue weighted by atomic mass is 10.1. The summed E-state index contributed by atoms with van der Waals surface area (Å²) >= 11 is 0. The van der Waals surface area contributed by atoms with Crippen molar-refractivity contribution in [1.82, 2.24) is 14.9 Å². The molecule has 3 aliphatic rings. The zero-order valence-electron chi connectivity index (χ0n) is 24.5. The van der Waals surface area contributed by atoms with Crippen LogP contribution in [0.4, 0.5) is 0 Å². The second-order valence-corrected chi connectivity index (χ2v) is 14.0. The van der Waals surface area contributed by atoms with Crippen molar-refractivity contribution in [2.45, 2.75) is 96.7 Å². The van der Waals surface area contributed by atoms with Crippen LogP contribution in [0.1, 0.15) is 54.4 Å². The van der Waals surface area contributed by atoms with Gasteiger partial charge in [0.05, 0.1) is 44.1 Å². The summed E-state index contributed by atoms with van der Waals surface area (Å²) in [6.45, 7) is 16.6. The second kappa shape index (κ2) is 14.7. The predicted molar refractivity (Wildman–Crippen MR) is 151 cm³/mol. The Bertz CT molecular complexity index is 988. The fourth-order valence-electron chi connectivity index (χ4n) is 5.23. The summed E-state index contributed by atoms with van der Waals surface area (Å²) < 4.78 is 52.7. The van der Waals surface area contributed by atoms with Crippen molar-refractivity contribution in [3.8, 4) is 6.07 Å². The standard InChI is InChI=1S/C26H44N4O8P2/c1-9-35-40(32,36-10-2)21-16-20(21)23-24(38-39(34-15-11-13-27)30(17(3)4)18(5)6)25(33-8)26(37-23)29-14-12-22(31)28-19(29)7/h12,14,17-18,20-21,23-26H,7,9-11,15-16H2,1-6,8H3,(H,28,31)/t20?,21?,23-,24+,25?,26-,39?/m1/s1. The molecule has 0 spiro atoms. The van der Waals surface area contributed by atoms with Gasteiger partial charge in [0.15, 0.2) is 6.23 Å². The van der Waals surface area contributed by atoms with Crippen LogP contribution in [0.15, 0.2) is 24.7 Å². The molecule has 7 atom stereocenters. The molecule has 0 aromatic rings. The number of nitriles is 1. The van der Waals surface area contributed by atoms with Crippen LogP contribution in [0.25, 0.3) is 0 Å². The maximum atomic E-state index is 13.6. The molecule has 4 unspecified atom stereocenters. The summed E-state index contributed by atoms with van der Waals surface area (Å²) in [4.78, 5) is 13.6. The largest absolute Gasteiger partial charge is 0.374 e. The number of methoxy groups -OCH3 is 1. The Labute approximate surface area is 239 Å². The number of nitrogens with one attached hydrogen (secondary N) is 1. The second-order valence-electron chi connectivity index (χ2n) is 10.3. The van der Waals surface area contributed by atoms with E-state index in [1.165, 1.54) is 6.08 Å². The minimum absolute atomic E-state index is 0.0931. The molecule has 12 nitrogen and oxygen atoms in total. The Morgan fingerprint density at radius 2 is 1.90 bits per heavy atom. The molecule has 1 N–H and O–H groups in total. The molecule has 226 valence electrons. The van der Waals surface area contributed by atoms with Crippen molar-refractivity contribution in [2.75, 3.05) is 26.9 Å². The first-order valence-corrected chi connectivity index (χ1v) is 16.6. The van der Waals surface area contributed by atoms with Gasteiger partial charge in [-0.1, -0.05) is 6.58 Å². The van der Waals surface area contributed by atoms with Crippen LogP contribution in [-0.2, 0) is 36.9 Å². The van der Waals surface area contributed by atoms with Gasteiger partial charge in [-0.25, -0.2) is 4.67 Å². The van der Waals surface area contributed by atoms with E-state index < -0.39 is 40.7 Å². The minimum Gasteiger partial charge on any atom is -0.374 e. The van der Waals surface area contributed by atoms with Gasteiger partial charge in [0.25, 0.3) is 14.4 Å². The van der Waals surface area contributed by atoms with Gasteiger partial charge in [-0.15, -0.1) is 0 Å². The Morgan fingerprint density at radius 1 is 1.25 bits per heavy atom. The van der Waals surface area contributed by atoms with Gasteiger partial charge in [0.2, 0.25) is 0 Å². The van der Waals surface area contributed by atoms with Gasteiger partial charge in [0, 0.05) is 37.4 Å². The van der Waals surface area contributed by atoms with Crippen LogP contribution >= 0.6 is 16.1 Å². The van der Waals surface area contributed by atoms with E-state index in [0.29, 0.717) is 12.2 Å². The fraction of sp³-hybridized carbons (Fsp3) is 0.769. The van der Waals surface area contributed by atoms with E-state index in [1.54, 1.807) is 32.1 Å². The number of nitrogens with zero attached hydrogens (tertiary/aromatic N) is 3. The molecule has 3 rings (SSSR count). The van der Waals surface area contributed by atoms with Crippen molar-refractivity contribution < 1.29 is 36.9 Å². The lowest BCUT2D eigenvalue weighted by molar-refractivity contribution is -0.118. The number of carbonyl (C=O) groups is 1. The summed E-state index contributed by atoms with van der Waals surface area (Å²) in [6.07, 6.45) is 1.31. The summed E-state index contributed by atoms with van der Waals surface area (Å²) in [6, 6.07) is 2.31. The maximum Gasteiger partial charge on any atom is 0.334 e. The van der Waals surface area contributed by atoms with E-state index in [0.717, 1.165) is 0 Å². The van der Waals surface area contributed by atoms with Crippen LogP contribution in [0.5, 0.6) is 0 Å². The molecule has 14 heteroatoms. The molecule has 1 saturated carbocycles. The number of amides is 1. The van der Waals surface area contributed by atoms with Gasteiger partial charge < -0.3 is 37.8 Å². The summed E-state index contributed by atoms with van der Waals surface area (Å²) in [5.41, 5.74) is -0.350. The number of rotatable bonds is 16. The van der Waals surface area contributed by atoms with Crippen LogP contribution in [0.3, 0.4) is 0 Å². The summed E-state index contributed by atoms with van der Waals surface area (Å²) in [5.74, 6) is -0.122. The SMILES string of the molecule is C=C1NC(=O)C=CN1[C@@H]1O[C@H](C2CC2P(=O)(OCC)OCC)[C@H](OP(OCCC#N)N(C(C)C)C(C)C)C1OC. The highest BCUT2D eigenvalue weighted by Crippen LogP contribution is 2.67. The Morgan fingerprint density at radius 3 is 2.42 bits per heavy atom. The Hall–Kier alpha value is -1.38. The quantitative estimate of drug-likeness (QED) is 0.198. The predicted octanol–water partition coefficient (Wildman–Crippen LogP) is 4.46. The van der Waals surface area contributed by atoms with Gasteiger partial charge in [0.1, 0.15) is 18.0 Å². The monoisotopic (exact) mass is 602 g/mol.